The number of aliphatic hydroxyl groups excluding tert-OH is 1. The second-order valence-corrected chi connectivity index (χ2v) is 5.95. The van der Waals surface area contributed by atoms with Crippen LogP contribution in [0.3, 0.4) is 0 Å². The van der Waals surface area contributed by atoms with Crippen LogP contribution in [-0.4, -0.2) is 46.8 Å². The number of amides is 2. The van der Waals surface area contributed by atoms with Gasteiger partial charge in [0.15, 0.2) is 0 Å². The highest BCUT2D eigenvalue weighted by Crippen LogP contribution is 2.21. The molecule has 2 rings (SSSR count). The molecule has 0 radical (unpaired) electrons. The normalized spacial score (nSPS) is 18.1. The van der Waals surface area contributed by atoms with Gasteiger partial charge >= 0.3 is 12.0 Å². The number of hydrogen-bond acceptors (Lipinski definition) is 3. The van der Waals surface area contributed by atoms with Gasteiger partial charge in [0.1, 0.15) is 0 Å². The molecular formula is C13H15IN2O4. The third-order valence-electron chi connectivity index (χ3n) is 3.28. The molecule has 1 aliphatic heterocycles. The molecule has 1 saturated heterocycles. The molecule has 0 aromatic heterocycles. The predicted molar refractivity (Wildman–Crippen MR) is 81.9 cm³/mol. The molecule has 1 aromatic carbocycles. The summed E-state index contributed by atoms with van der Waals surface area (Å²) in [5, 5.41) is 20.8. The zero-order valence-electron chi connectivity index (χ0n) is 10.7. The van der Waals surface area contributed by atoms with Crippen molar-refractivity contribution in [2.45, 2.75) is 6.42 Å². The average Bonchev–Trinajstić information content (AvgIpc) is 2.89. The van der Waals surface area contributed by atoms with E-state index in [1.54, 1.807) is 17.0 Å². The number of benzene rings is 1. The van der Waals surface area contributed by atoms with Gasteiger partial charge in [0.25, 0.3) is 0 Å². The number of likely N-dealkylation sites (tertiary alicyclic amines) is 1. The van der Waals surface area contributed by atoms with Crippen LogP contribution in [0.4, 0.5) is 10.5 Å². The Morgan fingerprint density at radius 3 is 2.80 bits per heavy atom. The van der Waals surface area contributed by atoms with Crippen molar-refractivity contribution in [2.75, 3.05) is 25.0 Å². The van der Waals surface area contributed by atoms with Crippen molar-refractivity contribution in [2.24, 2.45) is 5.92 Å². The highest BCUT2D eigenvalue weighted by molar-refractivity contribution is 14.1. The number of carboxylic acids is 1. The monoisotopic (exact) mass is 390 g/mol. The molecule has 1 aromatic rings. The van der Waals surface area contributed by atoms with E-state index in [-0.39, 0.29) is 29.8 Å². The van der Waals surface area contributed by atoms with Crippen molar-refractivity contribution >= 4 is 40.3 Å². The first-order valence-electron chi connectivity index (χ1n) is 6.21. The number of anilines is 1. The summed E-state index contributed by atoms with van der Waals surface area (Å²) in [5.41, 5.74) is 0.360. The molecule has 7 heteroatoms. The molecule has 0 bridgehead atoms. The van der Waals surface area contributed by atoms with Gasteiger partial charge in [-0.3, -0.25) is 0 Å². The van der Waals surface area contributed by atoms with Crippen LogP contribution in [0.5, 0.6) is 0 Å². The lowest BCUT2D eigenvalue weighted by Gasteiger charge is -2.18. The second-order valence-electron chi connectivity index (χ2n) is 4.71. The first-order chi connectivity index (χ1) is 9.51. The number of aromatic carboxylic acids is 1. The Kier molecular flexibility index (Phi) is 4.81. The van der Waals surface area contributed by atoms with Gasteiger partial charge in [-0.2, -0.15) is 0 Å². The van der Waals surface area contributed by atoms with Crippen molar-refractivity contribution in [3.63, 3.8) is 0 Å². The van der Waals surface area contributed by atoms with Crippen molar-refractivity contribution in [1.29, 1.82) is 0 Å². The first-order valence-corrected chi connectivity index (χ1v) is 7.28. The maximum absolute atomic E-state index is 12.1. The lowest BCUT2D eigenvalue weighted by atomic mass is 10.1. The molecule has 2 amide bonds. The number of nitrogens with zero attached hydrogens (tertiary/aromatic N) is 1. The predicted octanol–water partition coefficient (Wildman–Crippen LogP) is 1.84. The molecular weight excluding hydrogens is 375 g/mol. The highest BCUT2D eigenvalue weighted by atomic mass is 127. The third kappa shape index (κ3) is 3.40. The minimum atomic E-state index is -1.08. The van der Waals surface area contributed by atoms with Gasteiger partial charge in [0.05, 0.1) is 11.3 Å². The number of halogens is 1. The summed E-state index contributed by atoms with van der Waals surface area (Å²) in [6.45, 7) is 1.13. The largest absolute Gasteiger partial charge is 0.478 e. The van der Waals surface area contributed by atoms with Crippen LogP contribution in [0.15, 0.2) is 18.2 Å². The quantitative estimate of drug-likeness (QED) is 0.688. The van der Waals surface area contributed by atoms with Crippen LogP contribution in [0.1, 0.15) is 16.8 Å². The van der Waals surface area contributed by atoms with E-state index in [0.29, 0.717) is 13.1 Å². The molecule has 0 spiro atoms. The number of aliphatic hydroxyl groups is 1. The van der Waals surface area contributed by atoms with E-state index in [1.807, 2.05) is 22.6 Å². The Balaban J connectivity index is 2.10. The fraction of sp³-hybridized carbons (Fsp3) is 0.385. The summed E-state index contributed by atoms with van der Waals surface area (Å²) in [6, 6.07) is 4.51. The van der Waals surface area contributed by atoms with Crippen LogP contribution >= 0.6 is 22.6 Å². The second kappa shape index (κ2) is 6.40. The van der Waals surface area contributed by atoms with E-state index in [9.17, 15) is 9.59 Å². The first kappa shape index (κ1) is 15.0. The Bertz CT molecular complexity index is 535. The minimum absolute atomic E-state index is 0.0632. The lowest BCUT2D eigenvalue weighted by Crippen LogP contribution is -2.33. The van der Waals surface area contributed by atoms with E-state index >= 15 is 0 Å². The number of nitrogens with one attached hydrogen (secondary N) is 1. The lowest BCUT2D eigenvalue weighted by molar-refractivity contribution is 0.0698. The van der Waals surface area contributed by atoms with Gasteiger partial charge in [-0.1, -0.05) is 0 Å². The van der Waals surface area contributed by atoms with E-state index in [2.05, 4.69) is 5.32 Å². The maximum Gasteiger partial charge on any atom is 0.337 e. The summed E-state index contributed by atoms with van der Waals surface area (Å²) in [7, 11) is 0. The molecule has 20 heavy (non-hydrogen) atoms. The standard InChI is InChI=1S/C13H15IN2O4/c14-9-1-2-11(10(5-9)12(18)19)15-13(20)16-4-3-8(6-16)7-17/h1-2,5,8,17H,3-4,6-7H2,(H,15,20)(H,18,19). The number of carboxylic acid groups (broad SMARTS) is 1. The van der Waals surface area contributed by atoms with E-state index in [4.69, 9.17) is 10.2 Å². The molecule has 3 N–H and O–H groups in total. The summed E-state index contributed by atoms with van der Waals surface area (Å²) < 4.78 is 0.791. The Morgan fingerprint density at radius 1 is 1.45 bits per heavy atom. The minimum Gasteiger partial charge on any atom is -0.478 e. The van der Waals surface area contributed by atoms with Crippen LogP contribution in [-0.2, 0) is 0 Å². The molecule has 1 fully saturated rings. The number of carbonyl (C=O) groups excluding carboxylic acids is 1. The van der Waals surface area contributed by atoms with Crippen LogP contribution < -0.4 is 5.32 Å². The van der Waals surface area contributed by atoms with Crippen LogP contribution in [0, 0.1) is 9.49 Å². The Morgan fingerprint density at radius 2 is 2.20 bits per heavy atom. The number of carbonyl (C=O) groups is 2. The fourth-order valence-electron chi connectivity index (χ4n) is 2.16. The third-order valence-corrected chi connectivity index (χ3v) is 3.96. The molecule has 1 atom stereocenters. The van der Waals surface area contributed by atoms with Crippen molar-refractivity contribution in [3.8, 4) is 0 Å². The van der Waals surface area contributed by atoms with Gasteiger partial charge in [0.2, 0.25) is 0 Å². The van der Waals surface area contributed by atoms with Gasteiger partial charge in [-0.15, -0.1) is 0 Å². The number of rotatable bonds is 3. The average molecular weight is 390 g/mol. The number of hydrogen-bond donors (Lipinski definition) is 3. The molecule has 0 aliphatic carbocycles. The van der Waals surface area contributed by atoms with E-state index in [0.717, 1.165) is 9.99 Å². The van der Waals surface area contributed by atoms with Gasteiger partial charge in [0, 0.05) is 29.2 Å². The maximum atomic E-state index is 12.1. The van der Waals surface area contributed by atoms with Gasteiger partial charge in [-0.05, 0) is 47.2 Å². The molecule has 108 valence electrons. The van der Waals surface area contributed by atoms with Gasteiger partial charge in [-0.25, -0.2) is 9.59 Å². The van der Waals surface area contributed by atoms with E-state index < -0.39 is 5.97 Å². The Hall–Kier alpha value is -1.35. The molecule has 6 nitrogen and oxygen atoms in total. The fourth-order valence-corrected chi connectivity index (χ4v) is 2.65. The highest BCUT2D eigenvalue weighted by Gasteiger charge is 2.26. The molecule has 1 aliphatic rings. The molecule has 1 heterocycles. The van der Waals surface area contributed by atoms with Crippen molar-refractivity contribution < 1.29 is 19.8 Å². The molecule has 0 saturated carbocycles. The van der Waals surface area contributed by atoms with Crippen molar-refractivity contribution in [1.82, 2.24) is 4.90 Å². The Labute approximate surface area is 129 Å². The zero-order chi connectivity index (χ0) is 14.7. The van der Waals surface area contributed by atoms with Gasteiger partial charge < -0.3 is 20.4 Å². The SMILES string of the molecule is O=C(O)c1cc(I)ccc1NC(=O)N1CCC(CO)C1. The van der Waals surface area contributed by atoms with Crippen molar-refractivity contribution in [3.05, 3.63) is 27.3 Å². The number of urea groups is 1. The summed E-state index contributed by atoms with van der Waals surface area (Å²) in [4.78, 5) is 24.8. The van der Waals surface area contributed by atoms with E-state index in [1.165, 1.54) is 6.07 Å². The zero-order valence-corrected chi connectivity index (χ0v) is 12.8. The summed E-state index contributed by atoms with van der Waals surface area (Å²) in [5.74, 6) is -0.968. The van der Waals surface area contributed by atoms with Crippen LogP contribution in [0.25, 0.3) is 0 Å². The summed E-state index contributed by atoms with van der Waals surface area (Å²) in [6.07, 6.45) is 0.766. The molecule has 1 unspecified atom stereocenters. The van der Waals surface area contributed by atoms with Crippen LogP contribution in [0.2, 0.25) is 0 Å². The smallest absolute Gasteiger partial charge is 0.337 e. The topological polar surface area (TPSA) is 89.9 Å². The summed E-state index contributed by atoms with van der Waals surface area (Å²) >= 11 is 2.02.